The van der Waals surface area contributed by atoms with Crippen LogP contribution >= 0.6 is 23.4 Å². The van der Waals surface area contributed by atoms with Gasteiger partial charge in [0, 0.05) is 42.7 Å². The molecule has 2 rings (SSSR count). The van der Waals surface area contributed by atoms with E-state index in [-0.39, 0.29) is 0 Å². The van der Waals surface area contributed by atoms with Gasteiger partial charge in [-0.1, -0.05) is 25.4 Å². The Labute approximate surface area is 113 Å². The van der Waals surface area contributed by atoms with Crippen molar-refractivity contribution in [1.29, 1.82) is 0 Å². The van der Waals surface area contributed by atoms with Gasteiger partial charge in [-0.2, -0.15) is 16.9 Å². The fraction of sp³-hybridized carbons (Fsp3) is 0.750. The number of halogens is 1. The fourth-order valence-corrected chi connectivity index (χ4v) is 4.11. The van der Waals surface area contributed by atoms with Gasteiger partial charge in [0.25, 0.3) is 0 Å². The van der Waals surface area contributed by atoms with Crippen LogP contribution in [0.25, 0.3) is 0 Å². The van der Waals surface area contributed by atoms with Crippen LogP contribution in [-0.4, -0.2) is 38.3 Å². The minimum atomic E-state index is 0.703. The molecule has 1 saturated heterocycles. The average Bonchev–Trinajstić information content (AvgIpc) is 2.44. The zero-order valence-corrected chi connectivity index (χ0v) is 12.5. The van der Waals surface area contributed by atoms with Crippen LogP contribution in [0.3, 0.4) is 0 Å². The molecule has 0 saturated carbocycles. The van der Waals surface area contributed by atoms with Gasteiger partial charge in [-0.3, -0.25) is 9.58 Å². The number of hydrogen-bond acceptors (Lipinski definition) is 3. The molecular formula is C12H20ClN3S. The molecule has 96 valence electrons. The van der Waals surface area contributed by atoms with Crippen molar-refractivity contribution in [3.05, 3.63) is 16.4 Å². The maximum atomic E-state index is 6.27. The summed E-state index contributed by atoms with van der Waals surface area (Å²) in [5, 5.41) is 6.55. The zero-order valence-electron chi connectivity index (χ0n) is 10.9. The number of thioether (sulfide) groups is 1. The number of aromatic nitrogens is 2. The van der Waals surface area contributed by atoms with Gasteiger partial charge < -0.3 is 0 Å². The maximum Gasteiger partial charge on any atom is 0.131 e. The Morgan fingerprint density at radius 2 is 1.94 bits per heavy atom. The summed E-state index contributed by atoms with van der Waals surface area (Å²) in [5.74, 6) is 0. The van der Waals surface area contributed by atoms with E-state index in [2.05, 4.69) is 35.6 Å². The van der Waals surface area contributed by atoms with E-state index >= 15 is 0 Å². The highest BCUT2D eigenvalue weighted by atomic mass is 35.5. The zero-order chi connectivity index (χ0) is 12.6. The third-order valence-corrected chi connectivity index (χ3v) is 4.85. The molecule has 1 aromatic heterocycles. The molecule has 0 aromatic carbocycles. The number of nitrogens with zero attached hydrogens (tertiary/aromatic N) is 3. The number of rotatable bonds is 2. The predicted molar refractivity (Wildman–Crippen MR) is 74.7 cm³/mol. The smallest absolute Gasteiger partial charge is 0.131 e. The molecule has 17 heavy (non-hydrogen) atoms. The van der Waals surface area contributed by atoms with Crippen molar-refractivity contribution in [2.75, 3.05) is 13.1 Å². The predicted octanol–water partition coefficient (Wildman–Crippen LogP) is 2.71. The molecule has 1 fully saturated rings. The molecule has 1 aliphatic heterocycles. The van der Waals surface area contributed by atoms with Crippen molar-refractivity contribution in [1.82, 2.24) is 14.7 Å². The summed E-state index contributed by atoms with van der Waals surface area (Å²) in [6, 6.07) is 0. The van der Waals surface area contributed by atoms with Crippen LogP contribution in [0.1, 0.15) is 25.1 Å². The second-order valence-corrected chi connectivity index (χ2v) is 7.17. The SMILES string of the molecule is Cc1nn(C)c(Cl)c1CN1CC(C)SC(C)C1. The van der Waals surface area contributed by atoms with Gasteiger partial charge in [0.2, 0.25) is 0 Å². The van der Waals surface area contributed by atoms with Gasteiger partial charge in [0.15, 0.2) is 0 Å². The molecule has 2 atom stereocenters. The third kappa shape index (κ3) is 2.98. The van der Waals surface area contributed by atoms with Gasteiger partial charge in [0.1, 0.15) is 5.15 Å². The molecule has 0 N–H and O–H groups in total. The van der Waals surface area contributed by atoms with Crippen LogP contribution in [0.4, 0.5) is 0 Å². The molecule has 0 bridgehead atoms. The first kappa shape index (κ1) is 13.2. The molecule has 1 aromatic rings. The molecule has 0 aliphatic carbocycles. The molecule has 0 spiro atoms. The molecule has 2 unspecified atom stereocenters. The van der Waals surface area contributed by atoms with Crippen molar-refractivity contribution in [2.24, 2.45) is 7.05 Å². The van der Waals surface area contributed by atoms with Crippen molar-refractivity contribution >= 4 is 23.4 Å². The first-order chi connectivity index (χ1) is 7.97. The molecule has 5 heteroatoms. The van der Waals surface area contributed by atoms with E-state index in [1.807, 2.05) is 14.0 Å². The Hall–Kier alpha value is -0.190. The van der Waals surface area contributed by atoms with Crippen molar-refractivity contribution < 1.29 is 0 Å². The first-order valence-electron chi connectivity index (χ1n) is 6.03. The minimum absolute atomic E-state index is 0.703. The van der Waals surface area contributed by atoms with Crippen LogP contribution in [0.2, 0.25) is 5.15 Å². The topological polar surface area (TPSA) is 21.1 Å². The molecule has 0 amide bonds. The molecule has 0 radical (unpaired) electrons. The van der Waals surface area contributed by atoms with Crippen molar-refractivity contribution in [3.8, 4) is 0 Å². The van der Waals surface area contributed by atoms with Crippen LogP contribution < -0.4 is 0 Å². The van der Waals surface area contributed by atoms with E-state index < -0.39 is 0 Å². The summed E-state index contributed by atoms with van der Waals surface area (Å²) in [7, 11) is 1.90. The van der Waals surface area contributed by atoms with E-state index in [1.165, 1.54) is 5.56 Å². The lowest BCUT2D eigenvalue weighted by atomic mass is 10.2. The summed E-state index contributed by atoms with van der Waals surface area (Å²) in [6.07, 6.45) is 0. The third-order valence-electron chi connectivity index (χ3n) is 3.15. The largest absolute Gasteiger partial charge is 0.297 e. The summed E-state index contributed by atoms with van der Waals surface area (Å²) in [6.45, 7) is 9.83. The highest BCUT2D eigenvalue weighted by Gasteiger charge is 2.24. The van der Waals surface area contributed by atoms with Gasteiger partial charge in [-0.05, 0) is 6.92 Å². The lowest BCUT2D eigenvalue weighted by Crippen LogP contribution is -2.39. The van der Waals surface area contributed by atoms with Crippen molar-refractivity contribution in [2.45, 2.75) is 37.8 Å². The standard InChI is InChI=1S/C12H20ClN3S/c1-8-5-16(6-9(2)17-8)7-11-10(3)14-15(4)12(11)13/h8-9H,5-7H2,1-4H3. The van der Waals surface area contributed by atoms with E-state index in [9.17, 15) is 0 Å². The minimum Gasteiger partial charge on any atom is -0.297 e. The van der Waals surface area contributed by atoms with Gasteiger partial charge in [-0.25, -0.2) is 0 Å². The number of hydrogen-bond donors (Lipinski definition) is 0. The summed E-state index contributed by atoms with van der Waals surface area (Å²) in [4.78, 5) is 2.49. The van der Waals surface area contributed by atoms with Crippen LogP contribution in [-0.2, 0) is 13.6 Å². The second kappa shape index (κ2) is 5.21. The molecular weight excluding hydrogens is 254 g/mol. The molecule has 2 heterocycles. The lowest BCUT2D eigenvalue weighted by Gasteiger charge is -2.34. The summed E-state index contributed by atoms with van der Waals surface area (Å²) < 4.78 is 1.76. The second-order valence-electron chi connectivity index (χ2n) is 4.93. The normalized spacial score (nSPS) is 26.4. The van der Waals surface area contributed by atoms with E-state index in [1.54, 1.807) is 4.68 Å². The maximum absolute atomic E-state index is 6.27. The Balaban J connectivity index is 2.10. The van der Waals surface area contributed by atoms with Gasteiger partial charge in [0.05, 0.1) is 5.69 Å². The van der Waals surface area contributed by atoms with E-state index in [4.69, 9.17) is 11.6 Å². The van der Waals surface area contributed by atoms with Crippen LogP contribution in [0.5, 0.6) is 0 Å². The van der Waals surface area contributed by atoms with Crippen molar-refractivity contribution in [3.63, 3.8) is 0 Å². The summed E-state index contributed by atoms with van der Waals surface area (Å²) >= 11 is 8.35. The van der Waals surface area contributed by atoms with Crippen LogP contribution in [0.15, 0.2) is 0 Å². The Morgan fingerprint density at radius 3 is 2.41 bits per heavy atom. The lowest BCUT2D eigenvalue weighted by molar-refractivity contribution is 0.262. The van der Waals surface area contributed by atoms with E-state index in [0.29, 0.717) is 10.5 Å². The van der Waals surface area contributed by atoms with Gasteiger partial charge >= 0.3 is 0 Å². The Bertz CT molecular complexity index is 395. The fourth-order valence-electron chi connectivity index (χ4n) is 2.49. The first-order valence-corrected chi connectivity index (χ1v) is 7.35. The molecule has 1 aliphatic rings. The highest BCUT2D eigenvalue weighted by Crippen LogP contribution is 2.27. The van der Waals surface area contributed by atoms with Gasteiger partial charge in [-0.15, -0.1) is 0 Å². The molecule has 3 nitrogen and oxygen atoms in total. The monoisotopic (exact) mass is 273 g/mol. The average molecular weight is 274 g/mol. The Kier molecular flexibility index (Phi) is 4.06. The number of aryl methyl sites for hydroxylation is 2. The Morgan fingerprint density at radius 1 is 1.35 bits per heavy atom. The summed E-state index contributed by atoms with van der Waals surface area (Å²) in [5.41, 5.74) is 2.23. The van der Waals surface area contributed by atoms with E-state index in [0.717, 1.165) is 30.5 Å². The van der Waals surface area contributed by atoms with Crippen LogP contribution in [0, 0.1) is 6.92 Å². The highest BCUT2D eigenvalue weighted by molar-refractivity contribution is 8.00. The quantitative estimate of drug-likeness (QED) is 0.827.